The number of hydrogen-bond acceptors (Lipinski definition) is 4. The summed E-state index contributed by atoms with van der Waals surface area (Å²) in [6.07, 6.45) is -4.76. The van der Waals surface area contributed by atoms with Crippen LogP contribution in [0.4, 0.5) is 49.9 Å². The maximum atomic E-state index is 13.9. The molecule has 6 rings (SSSR count). The van der Waals surface area contributed by atoms with Crippen molar-refractivity contribution < 1.29 is 32.3 Å². The molecule has 3 aliphatic rings. The van der Waals surface area contributed by atoms with Crippen LogP contribution in [0.3, 0.4) is 0 Å². The van der Waals surface area contributed by atoms with Gasteiger partial charge in [0, 0.05) is 39.0 Å². The zero-order valence-corrected chi connectivity index (χ0v) is 21.8. The number of hydrogen-bond donors (Lipinski definition) is 4. The number of nitrogen functional groups attached to an aromatic ring is 1. The summed E-state index contributed by atoms with van der Waals surface area (Å²) in [5, 5.41) is 16.6. The predicted octanol–water partition coefficient (Wildman–Crippen LogP) is 5.69. The molecule has 0 saturated heterocycles. The Morgan fingerprint density at radius 1 is 1.18 bits per heavy atom. The molecule has 40 heavy (non-hydrogen) atoms. The Hall–Kier alpha value is -3.74. The van der Waals surface area contributed by atoms with Crippen LogP contribution in [-0.4, -0.2) is 36.4 Å². The minimum atomic E-state index is -5.20. The summed E-state index contributed by atoms with van der Waals surface area (Å²) >= 11 is 12.7. The van der Waals surface area contributed by atoms with E-state index in [0.29, 0.717) is 51.3 Å². The number of carbonyl (C=O) groups excluding carboxylic acids is 2. The van der Waals surface area contributed by atoms with Crippen LogP contribution in [0.15, 0.2) is 42.5 Å². The van der Waals surface area contributed by atoms with Crippen LogP contribution in [0.1, 0.15) is 28.3 Å². The van der Waals surface area contributed by atoms with Crippen molar-refractivity contribution in [1.82, 2.24) is 5.32 Å². The molecule has 0 bridgehead atoms. The highest BCUT2D eigenvalue weighted by Gasteiger charge is 2.61. The van der Waals surface area contributed by atoms with Crippen molar-refractivity contribution in [3.8, 4) is 0 Å². The molecular formula is C26H19Cl2F4N5O3. The van der Waals surface area contributed by atoms with E-state index in [0.717, 1.165) is 12.1 Å². The van der Waals surface area contributed by atoms with Crippen molar-refractivity contribution in [3.05, 3.63) is 80.6 Å². The highest BCUT2D eigenvalue weighted by molar-refractivity contribution is 6.33. The maximum Gasteiger partial charge on any atom is 0.423 e. The zero-order chi connectivity index (χ0) is 28.7. The third-order valence-electron chi connectivity index (χ3n) is 7.44. The minimum absolute atomic E-state index is 0.0975. The van der Waals surface area contributed by atoms with E-state index in [4.69, 9.17) is 28.9 Å². The van der Waals surface area contributed by atoms with Crippen molar-refractivity contribution in [2.75, 3.05) is 33.9 Å². The van der Waals surface area contributed by atoms with Crippen LogP contribution in [0.5, 0.6) is 0 Å². The number of fused-ring (bicyclic) bond motifs is 1. The molecule has 0 radical (unpaired) electrons. The van der Waals surface area contributed by atoms with E-state index >= 15 is 0 Å². The summed E-state index contributed by atoms with van der Waals surface area (Å²) in [6, 6.07) is 6.19. The number of nitrogens with one attached hydrogen (secondary N) is 2. The van der Waals surface area contributed by atoms with Crippen LogP contribution < -0.4 is 26.2 Å². The third kappa shape index (κ3) is 3.85. The Kier molecular flexibility index (Phi) is 5.88. The number of nitrogens with zero attached hydrogens (tertiary/aromatic N) is 2. The van der Waals surface area contributed by atoms with Crippen LogP contribution in [0.2, 0.25) is 10.0 Å². The number of anilines is 4. The quantitative estimate of drug-likeness (QED) is 0.225. The highest BCUT2D eigenvalue weighted by atomic mass is 35.5. The van der Waals surface area contributed by atoms with E-state index in [2.05, 4.69) is 10.6 Å². The van der Waals surface area contributed by atoms with Crippen molar-refractivity contribution in [2.45, 2.75) is 24.2 Å². The smallest absolute Gasteiger partial charge is 0.398 e. The average molecular weight is 596 g/mol. The number of rotatable bonds is 2. The third-order valence-corrected chi connectivity index (χ3v) is 8.02. The summed E-state index contributed by atoms with van der Waals surface area (Å²) in [4.78, 5) is 28.7. The second-order valence-electron chi connectivity index (χ2n) is 9.74. The second-order valence-corrected chi connectivity index (χ2v) is 10.6. The SMILES string of the molecule is Nc1cc(NC(=O)N2CC(O)(C(F)(F)F)c3cc(F)ccc32)c2c3c1CCN3C(=O)NC2c1cc(Cl)ccc1Cl. The van der Waals surface area contributed by atoms with E-state index in [-0.39, 0.29) is 22.1 Å². The molecule has 0 saturated carbocycles. The number of halogens is 6. The van der Waals surface area contributed by atoms with Gasteiger partial charge in [0.1, 0.15) is 5.82 Å². The minimum Gasteiger partial charge on any atom is -0.398 e. The van der Waals surface area contributed by atoms with Gasteiger partial charge in [-0.05, 0) is 54.4 Å². The van der Waals surface area contributed by atoms with Gasteiger partial charge in [-0.3, -0.25) is 9.80 Å². The van der Waals surface area contributed by atoms with Gasteiger partial charge in [-0.25, -0.2) is 14.0 Å². The summed E-state index contributed by atoms with van der Waals surface area (Å²) < 4.78 is 55.7. The van der Waals surface area contributed by atoms with Crippen LogP contribution in [-0.2, 0) is 12.0 Å². The van der Waals surface area contributed by atoms with Gasteiger partial charge in [-0.1, -0.05) is 23.2 Å². The number of aliphatic hydroxyl groups is 1. The fraction of sp³-hybridized carbons (Fsp3) is 0.231. The first-order valence-corrected chi connectivity index (χ1v) is 12.7. The van der Waals surface area contributed by atoms with E-state index < -0.39 is 47.8 Å². The molecule has 0 aromatic heterocycles. The molecule has 3 aromatic carbocycles. The largest absolute Gasteiger partial charge is 0.423 e. The molecule has 0 fully saturated rings. The highest BCUT2D eigenvalue weighted by Crippen LogP contribution is 2.51. The zero-order valence-electron chi connectivity index (χ0n) is 20.2. The van der Waals surface area contributed by atoms with Crippen LogP contribution in [0, 0.1) is 5.82 Å². The second kappa shape index (κ2) is 8.88. The van der Waals surface area contributed by atoms with Crippen molar-refractivity contribution in [3.63, 3.8) is 0 Å². The fourth-order valence-corrected chi connectivity index (χ4v) is 5.98. The summed E-state index contributed by atoms with van der Waals surface area (Å²) in [5.74, 6) is -1.00. The van der Waals surface area contributed by atoms with Gasteiger partial charge in [0.25, 0.3) is 0 Å². The van der Waals surface area contributed by atoms with Gasteiger partial charge in [0.15, 0.2) is 0 Å². The topological polar surface area (TPSA) is 111 Å². The van der Waals surface area contributed by atoms with Gasteiger partial charge in [-0.15, -0.1) is 0 Å². The van der Waals surface area contributed by atoms with Gasteiger partial charge in [-0.2, -0.15) is 13.2 Å². The molecule has 8 nitrogen and oxygen atoms in total. The molecular weight excluding hydrogens is 577 g/mol. The lowest BCUT2D eigenvalue weighted by Crippen LogP contribution is -2.48. The number of amides is 4. The molecule has 3 aromatic rings. The lowest BCUT2D eigenvalue weighted by Gasteiger charge is -2.35. The Morgan fingerprint density at radius 3 is 2.65 bits per heavy atom. The molecule has 14 heteroatoms. The molecule has 0 spiro atoms. The number of carbonyl (C=O) groups is 2. The number of alkyl halides is 3. The fourth-order valence-electron chi connectivity index (χ4n) is 5.58. The standard InChI is InChI=1S/C26H19Cl2F4N5O3/c27-11-1-3-16(28)14(7-11)21-20-18(9-17(33)13-5-6-36(22(13)20)24(39)35-21)34-23(38)37-10-25(40,26(30,31)32)15-8-12(29)2-4-19(15)37/h1-4,7-9,21,40H,5-6,10,33H2,(H,34,38)(H,35,39). The van der Waals surface area contributed by atoms with E-state index in [1.807, 2.05) is 0 Å². The average Bonchev–Trinajstić information content (AvgIpc) is 3.46. The first-order chi connectivity index (χ1) is 18.8. The molecule has 2 unspecified atom stereocenters. The van der Waals surface area contributed by atoms with Crippen molar-refractivity contribution >= 4 is 58.0 Å². The Bertz CT molecular complexity index is 1620. The normalized spacial score (nSPS) is 21.3. The van der Waals surface area contributed by atoms with Gasteiger partial charge < -0.3 is 21.5 Å². The van der Waals surface area contributed by atoms with Gasteiger partial charge >= 0.3 is 18.2 Å². The Labute approximate surface area is 234 Å². The number of β-amino-alcohol motifs (C(OH)–C–C–N with tert-alkyl or cyclic N) is 1. The summed E-state index contributed by atoms with van der Waals surface area (Å²) in [7, 11) is 0. The van der Waals surface area contributed by atoms with E-state index in [1.54, 1.807) is 18.2 Å². The van der Waals surface area contributed by atoms with Crippen molar-refractivity contribution in [2.24, 2.45) is 0 Å². The number of nitrogens with two attached hydrogens (primary N) is 1. The summed E-state index contributed by atoms with van der Waals surface area (Å²) in [6.45, 7) is -0.890. The molecule has 0 aliphatic carbocycles. The maximum absolute atomic E-state index is 13.9. The van der Waals surface area contributed by atoms with Gasteiger partial charge in [0.05, 0.1) is 29.6 Å². The number of benzene rings is 3. The number of urea groups is 2. The lowest BCUT2D eigenvalue weighted by atomic mass is 9.91. The van der Waals surface area contributed by atoms with Crippen LogP contribution >= 0.6 is 23.2 Å². The molecule has 5 N–H and O–H groups in total. The Morgan fingerprint density at radius 2 is 1.93 bits per heavy atom. The van der Waals surface area contributed by atoms with Crippen LogP contribution in [0.25, 0.3) is 0 Å². The molecule has 4 amide bonds. The first-order valence-electron chi connectivity index (χ1n) is 12.0. The molecule has 208 valence electrons. The van der Waals surface area contributed by atoms with E-state index in [9.17, 15) is 32.3 Å². The molecule has 3 aliphatic heterocycles. The lowest BCUT2D eigenvalue weighted by molar-refractivity contribution is -0.258. The van der Waals surface area contributed by atoms with Crippen molar-refractivity contribution in [1.29, 1.82) is 0 Å². The Balaban J connectivity index is 1.47. The van der Waals surface area contributed by atoms with Gasteiger partial charge in [0.2, 0.25) is 5.60 Å². The monoisotopic (exact) mass is 595 g/mol. The summed E-state index contributed by atoms with van der Waals surface area (Å²) in [5.41, 5.74) is 4.00. The first kappa shape index (κ1) is 26.5. The van der Waals surface area contributed by atoms with E-state index in [1.165, 1.54) is 11.0 Å². The molecule has 2 atom stereocenters. The predicted molar refractivity (Wildman–Crippen MR) is 141 cm³/mol. The molecule has 3 heterocycles.